The predicted molar refractivity (Wildman–Crippen MR) is 48.0 cm³/mol. The Bertz CT molecular complexity index is 238. The molecule has 1 aromatic carbocycles. The van der Waals surface area contributed by atoms with Gasteiger partial charge < -0.3 is 15.2 Å². The highest BCUT2D eigenvalue weighted by atomic mass is 16.7. The first-order valence-corrected chi connectivity index (χ1v) is 3.89. The van der Waals surface area contributed by atoms with Gasteiger partial charge in [-0.1, -0.05) is 12.1 Å². The molecule has 3 nitrogen and oxygen atoms in total. The van der Waals surface area contributed by atoms with E-state index in [-0.39, 0.29) is 6.79 Å². The summed E-state index contributed by atoms with van der Waals surface area (Å²) in [4.78, 5) is 0. The topological polar surface area (TPSA) is 44.5 Å². The zero-order valence-electron chi connectivity index (χ0n) is 7.12. The molecule has 0 aliphatic rings. The van der Waals surface area contributed by atoms with Gasteiger partial charge in [0.1, 0.15) is 5.75 Å². The molecule has 0 aromatic heterocycles. The maximum Gasteiger partial charge on any atom is 0.189 e. The fourth-order valence-corrected chi connectivity index (χ4v) is 0.800. The number of ether oxygens (including phenoxy) is 2. The molecule has 0 bridgehead atoms. The molecule has 3 heteroatoms. The van der Waals surface area contributed by atoms with Crippen molar-refractivity contribution in [2.45, 2.75) is 6.92 Å². The molecule has 0 radical (unpaired) electrons. The molecule has 12 heavy (non-hydrogen) atoms. The highest BCUT2D eigenvalue weighted by Crippen LogP contribution is 2.19. The van der Waals surface area contributed by atoms with Gasteiger partial charge in [0.15, 0.2) is 6.79 Å². The van der Waals surface area contributed by atoms with Gasteiger partial charge in [-0.15, -0.1) is 0 Å². The Morgan fingerprint density at radius 3 is 2.75 bits per heavy atom. The quantitative estimate of drug-likeness (QED) is 0.421. The van der Waals surface area contributed by atoms with Crippen LogP contribution in [-0.2, 0) is 4.74 Å². The van der Waals surface area contributed by atoms with Crippen molar-refractivity contribution in [3.05, 3.63) is 24.3 Å². The largest absolute Gasteiger partial charge is 0.465 e. The Labute approximate surface area is 72.1 Å². The minimum atomic E-state index is 0.255. The Balaban J connectivity index is 2.46. The van der Waals surface area contributed by atoms with Crippen LogP contribution in [0.25, 0.3) is 0 Å². The molecule has 1 rings (SSSR count). The number of anilines is 1. The smallest absolute Gasteiger partial charge is 0.189 e. The van der Waals surface area contributed by atoms with E-state index < -0.39 is 0 Å². The first-order chi connectivity index (χ1) is 5.84. The molecule has 0 aliphatic heterocycles. The fourth-order valence-electron chi connectivity index (χ4n) is 0.800. The van der Waals surface area contributed by atoms with E-state index in [4.69, 9.17) is 15.2 Å². The van der Waals surface area contributed by atoms with Crippen LogP contribution in [0, 0.1) is 0 Å². The second kappa shape index (κ2) is 4.62. The molecular formula is C9H13NO2. The average molecular weight is 167 g/mol. The number of benzene rings is 1. The van der Waals surface area contributed by atoms with Crippen molar-refractivity contribution in [1.29, 1.82) is 0 Å². The van der Waals surface area contributed by atoms with Gasteiger partial charge in [-0.25, -0.2) is 0 Å². The van der Waals surface area contributed by atoms with Crippen LogP contribution < -0.4 is 10.5 Å². The fraction of sp³-hybridized carbons (Fsp3) is 0.333. The van der Waals surface area contributed by atoms with Crippen LogP contribution in [0.1, 0.15) is 6.92 Å². The first kappa shape index (κ1) is 8.87. The van der Waals surface area contributed by atoms with E-state index in [1.54, 1.807) is 6.07 Å². The summed E-state index contributed by atoms with van der Waals surface area (Å²) in [5, 5.41) is 0. The van der Waals surface area contributed by atoms with Gasteiger partial charge in [0.25, 0.3) is 0 Å². The lowest BCUT2D eigenvalue weighted by molar-refractivity contribution is 0.0229. The van der Waals surface area contributed by atoms with Crippen molar-refractivity contribution >= 4 is 5.69 Å². The van der Waals surface area contributed by atoms with Crippen LogP contribution >= 0.6 is 0 Å². The molecule has 0 heterocycles. The van der Waals surface area contributed by atoms with Gasteiger partial charge in [0, 0.05) is 6.61 Å². The average Bonchev–Trinajstić information content (AvgIpc) is 2.09. The number of nitrogens with two attached hydrogens (primary N) is 1. The van der Waals surface area contributed by atoms with E-state index in [0.29, 0.717) is 18.0 Å². The van der Waals surface area contributed by atoms with Crippen molar-refractivity contribution in [3.8, 4) is 5.75 Å². The number of hydrogen-bond donors (Lipinski definition) is 1. The van der Waals surface area contributed by atoms with Crippen LogP contribution in [0.5, 0.6) is 5.75 Å². The molecule has 0 saturated carbocycles. The number of nitrogen functional groups attached to an aromatic ring is 1. The third-order valence-corrected chi connectivity index (χ3v) is 1.42. The van der Waals surface area contributed by atoms with Crippen molar-refractivity contribution in [2.24, 2.45) is 0 Å². The van der Waals surface area contributed by atoms with Crippen LogP contribution in [0.4, 0.5) is 5.69 Å². The molecular weight excluding hydrogens is 154 g/mol. The number of rotatable bonds is 4. The standard InChI is InChI=1S/C9H13NO2/c1-2-11-7-12-9-6-4-3-5-8(9)10/h3-6H,2,7,10H2,1H3. The third-order valence-electron chi connectivity index (χ3n) is 1.42. The Morgan fingerprint density at radius 1 is 1.33 bits per heavy atom. The zero-order valence-corrected chi connectivity index (χ0v) is 7.12. The van der Waals surface area contributed by atoms with E-state index in [1.165, 1.54) is 0 Å². The number of para-hydroxylation sites is 2. The molecule has 2 N–H and O–H groups in total. The number of hydrogen-bond acceptors (Lipinski definition) is 3. The van der Waals surface area contributed by atoms with E-state index in [0.717, 1.165) is 0 Å². The molecule has 1 aromatic rings. The summed E-state index contributed by atoms with van der Waals surface area (Å²) in [6, 6.07) is 7.34. The molecule has 0 amide bonds. The Hall–Kier alpha value is -1.22. The van der Waals surface area contributed by atoms with Crippen molar-refractivity contribution in [3.63, 3.8) is 0 Å². The summed E-state index contributed by atoms with van der Waals surface area (Å²) in [6.45, 7) is 2.81. The maximum absolute atomic E-state index is 5.62. The van der Waals surface area contributed by atoms with Crippen LogP contribution in [-0.4, -0.2) is 13.4 Å². The first-order valence-electron chi connectivity index (χ1n) is 3.89. The molecule has 0 fully saturated rings. The molecule has 0 atom stereocenters. The molecule has 66 valence electrons. The maximum atomic E-state index is 5.62. The lowest BCUT2D eigenvalue weighted by atomic mass is 10.3. The van der Waals surface area contributed by atoms with Gasteiger partial charge in [-0.05, 0) is 19.1 Å². The summed E-state index contributed by atoms with van der Waals surface area (Å²) < 4.78 is 10.2. The van der Waals surface area contributed by atoms with Crippen molar-refractivity contribution in [1.82, 2.24) is 0 Å². The minimum absolute atomic E-state index is 0.255. The minimum Gasteiger partial charge on any atom is -0.465 e. The van der Waals surface area contributed by atoms with E-state index in [1.807, 2.05) is 25.1 Å². The molecule has 0 aliphatic carbocycles. The summed E-state index contributed by atoms with van der Waals surface area (Å²) in [7, 11) is 0. The highest BCUT2D eigenvalue weighted by Gasteiger charge is 1.96. The summed E-state index contributed by atoms with van der Waals surface area (Å²) in [5.41, 5.74) is 6.26. The van der Waals surface area contributed by atoms with Gasteiger partial charge >= 0.3 is 0 Å². The van der Waals surface area contributed by atoms with E-state index in [9.17, 15) is 0 Å². The van der Waals surface area contributed by atoms with Crippen molar-refractivity contribution in [2.75, 3.05) is 19.1 Å². The van der Waals surface area contributed by atoms with Gasteiger partial charge in [-0.3, -0.25) is 0 Å². The zero-order chi connectivity index (χ0) is 8.81. The van der Waals surface area contributed by atoms with Crippen molar-refractivity contribution < 1.29 is 9.47 Å². The SMILES string of the molecule is CCOCOc1ccccc1N. The summed E-state index contributed by atoms with van der Waals surface area (Å²) in [6.07, 6.45) is 0. The second-order valence-electron chi connectivity index (χ2n) is 2.29. The van der Waals surface area contributed by atoms with Gasteiger partial charge in [0.05, 0.1) is 5.69 Å². The van der Waals surface area contributed by atoms with Crippen LogP contribution in [0.2, 0.25) is 0 Å². The third kappa shape index (κ3) is 2.43. The Kier molecular flexibility index (Phi) is 3.41. The highest BCUT2D eigenvalue weighted by molar-refractivity contribution is 5.51. The van der Waals surface area contributed by atoms with E-state index >= 15 is 0 Å². The normalized spacial score (nSPS) is 9.75. The van der Waals surface area contributed by atoms with Gasteiger partial charge in [0.2, 0.25) is 0 Å². The molecule has 0 spiro atoms. The lowest BCUT2D eigenvalue weighted by Crippen LogP contribution is -2.03. The Morgan fingerprint density at radius 2 is 2.08 bits per heavy atom. The molecule has 0 saturated heterocycles. The summed E-state index contributed by atoms with van der Waals surface area (Å²) in [5.74, 6) is 0.672. The second-order valence-corrected chi connectivity index (χ2v) is 2.29. The summed E-state index contributed by atoms with van der Waals surface area (Å²) >= 11 is 0. The van der Waals surface area contributed by atoms with E-state index in [2.05, 4.69) is 0 Å². The van der Waals surface area contributed by atoms with Crippen LogP contribution in [0.3, 0.4) is 0 Å². The van der Waals surface area contributed by atoms with Crippen LogP contribution in [0.15, 0.2) is 24.3 Å². The predicted octanol–water partition coefficient (Wildman–Crippen LogP) is 1.64. The molecule has 0 unspecified atom stereocenters. The van der Waals surface area contributed by atoms with Gasteiger partial charge in [-0.2, -0.15) is 0 Å². The monoisotopic (exact) mass is 167 g/mol. The lowest BCUT2D eigenvalue weighted by Gasteiger charge is -2.07.